The quantitative estimate of drug-likeness (QED) is 0.630. The minimum Gasteiger partial charge on any atom is -0.297 e. The zero-order chi connectivity index (χ0) is 15.1. The Balaban J connectivity index is 2.02. The van der Waals surface area contributed by atoms with Crippen LogP contribution in [0.5, 0.6) is 0 Å². The van der Waals surface area contributed by atoms with Crippen molar-refractivity contribution in [2.24, 2.45) is 0 Å². The predicted molar refractivity (Wildman–Crippen MR) is 78.8 cm³/mol. The summed E-state index contributed by atoms with van der Waals surface area (Å²) >= 11 is 11.9. The summed E-state index contributed by atoms with van der Waals surface area (Å²) in [5.41, 5.74) is 1.39. The SMILES string of the molecule is Cc1cc(Cl)nc(CN2C(=O)C(=O)c3c(Cl)cccc32)n1. The highest BCUT2D eigenvalue weighted by Gasteiger charge is 2.37. The molecule has 0 atom stereocenters. The molecule has 7 heteroatoms. The minimum atomic E-state index is -0.640. The fourth-order valence-corrected chi connectivity index (χ4v) is 2.77. The van der Waals surface area contributed by atoms with Crippen molar-refractivity contribution in [3.05, 3.63) is 51.5 Å². The average Bonchev–Trinajstić information content (AvgIpc) is 2.64. The van der Waals surface area contributed by atoms with Gasteiger partial charge in [0.05, 0.1) is 22.8 Å². The number of carbonyl (C=O) groups excluding carboxylic acids is 2. The van der Waals surface area contributed by atoms with Gasteiger partial charge in [0.1, 0.15) is 11.0 Å². The number of aryl methyl sites for hydroxylation is 1. The second-order valence-corrected chi connectivity index (χ2v) is 5.40. The molecule has 3 rings (SSSR count). The van der Waals surface area contributed by atoms with Gasteiger partial charge in [-0.2, -0.15) is 0 Å². The number of anilines is 1. The molecule has 0 saturated carbocycles. The molecular weight excluding hydrogens is 313 g/mol. The summed E-state index contributed by atoms with van der Waals surface area (Å²) in [4.78, 5) is 33.7. The van der Waals surface area contributed by atoms with Crippen molar-refractivity contribution in [1.82, 2.24) is 9.97 Å². The van der Waals surface area contributed by atoms with Gasteiger partial charge in [0.2, 0.25) is 0 Å². The summed E-state index contributed by atoms with van der Waals surface area (Å²) in [5, 5.41) is 0.554. The molecule has 0 spiro atoms. The zero-order valence-electron chi connectivity index (χ0n) is 10.9. The van der Waals surface area contributed by atoms with Gasteiger partial charge in [-0.15, -0.1) is 0 Å². The van der Waals surface area contributed by atoms with E-state index in [0.717, 1.165) is 0 Å². The third kappa shape index (κ3) is 2.39. The normalized spacial score (nSPS) is 13.8. The minimum absolute atomic E-state index is 0.0688. The van der Waals surface area contributed by atoms with E-state index in [4.69, 9.17) is 23.2 Å². The third-order valence-corrected chi connectivity index (χ3v) is 3.63. The first kappa shape index (κ1) is 14.0. The molecule has 0 N–H and O–H groups in total. The number of halogens is 2. The van der Waals surface area contributed by atoms with Crippen molar-refractivity contribution in [3.63, 3.8) is 0 Å². The highest BCUT2D eigenvalue weighted by molar-refractivity contribution is 6.55. The number of benzene rings is 1. The highest BCUT2D eigenvalue weighted by Crippen LogP contribution is 2.34. The van der Waals surface area contributed by atoms with Crippen molar-refractivity contribution in [2.75, 3.05) is 4.90 Å². The Morgan fingerprint density at radius 2 is 1.95 bits per heavy atom. The van der Waals surface area contributed by atoms with Crippen LogP contribution >= 0.6 is 23.2 Å². The first-order chi connectivity index (χ1) is 9.97. The van der Waals surface area contributed by atoms with E-state index in [1.165, 1.54) is 4.90 Å². The number of hydrogen-bond donors (Lipinski definition) is 0. The molecular formula is C14H9Cl2N3O2. The van der Waals surface area contributed by atoms with Crippen molar-refractivity contribution in [3.8, 4) is 0 Å². The van der Waals surface area contributed by atoms with E-state index >= 15 is 0 Å². The van der Waals surface area contributed by atoms with E-state index in [-0.39, 0.29) is 17.1 Å². The van der Waals surface area contributed by atoms with Crippen LogP contribution in [-0.4, -0.2) is 21.7 Å². The van der Waals surface area contributed by atoms with E-state index in [1.54, 1.807) is 31.2 Å². The van der Waals surface area contributed by atoms with Crippen molar-refractivity contribution < 1.29 is 9.59 Å². The van der Waals surface area contributed by atoms with Crippen LogP contribution in [0.4, 0.5) is 5.69 Å². The zero-order valence-corrected chi connectivity index (χ0v) is 12.4. The van der Waals surface area contributed by atoms with Gasteiger partial charge in [-0.1, -0.05) is 29.3 Å². The molecule has 1 aliphatic rings. The van der Waals surface area contributed by atoms with E-state index < -0.39 is 11.7 Å². The van der Waals surface area contributed by atoms with E-state index in [0.29, 0.717) is 22.4 Å². The van der Waals surface area contributed by atoms with E-state index in [1.807, 2.05) is 0 Å². The second kappa shape index (κ2) is 5.09. The molecule has 5 nitrogen and oxygen atoms in total. The van der Waals surface area contributed by atoms with Crippen LogP contribution in [0.15, 0.2) is 24.3 Å². The summed E-state index contributed by atoms with van der Waals surface area (Å²) in [6.07, 6.45) is 0. The van der Waals surface area contributed by atoms with Gasteiger partial charge in [0.15, 0.2) is 0 Å². The van der Waals surface area contributed by atoms with Crippen molar-refractivity contribution in [2.45, 2.75) is 13.5 Å². The lowest BCUT2D eigenvalue weighted by Gasteiger charge is -2.15. The Morgan fingerprint density at radius 1 is 1.19 bits per heavy atom. The number of nitrogens with zero attached hydrogens (tertiary/aromatic N) is 3. The number of hydrogen-bond acceptors (Lipinski definition) is 4. The molecule has 21 heavy (non-hydrogen) atoms. The van der Waals surface area contributed by atoms with E-state index in [9.17, 15) is 9.59 Å². The molecule has 0 bridgehead atoms. The monoisotopic (exact) mass is 321 g/mol. The smallest absolute Gasteiger partial charge is 0.297 e. The molecule has 0 aliphatic carbocycles. The molecule has 1 amide bonds. The number of fused-ring (bicyclic) bond motifs is 1. The molecule has 0 radical (unpaired) electrons. The maximum atomic E-state index is 12.1. The largest absolute Gasteiger partial charge is 0.299 e. The number of rotatable bonds is 2. The lowest BCUT2D eigenvalue weighted by Crippen LogP contribution is -2.30. The molecule has 0 fully saturated rings. The van der Waals surface area contributed by atoms with Crippen LogP contribution in [-0.2, 0) is 11.3 Å². The van der Waals surface area contributed by atoms with Crippen LogP contribution in [0.25, 0.3) is 0 Å². The van der Waals surface area contributed by atoms with Crippen LogP contribution in [0.3, 0.4) is 0 Å². The lowest BCUT2D eigenvalue weighted by atomic mass is 10.1. The van der Waals surface area contributed by atoms with E-state index in [2.05, 4.69) is 9.97 Å². The maximum absolute atomic E-state index is 12.1. The Morgan fingerprint density at radius 3 is 2.67 bits per heavy atom. The first-order valence-electron chi connectivity index (χ1n) is 6.12. The van der Waals surface area contributed by atoms with Crippen molar-refractivity contribution in [1.29, 1.82) is 0 Å². The molecule has 1 aromatic carbocycles. The van der Waals surface area contributed by atoms with Crippen LogP contribution in [0.1, 0.15) is 21.9 Å². The van der Waals surface area contributed by atoms with Gasteiger partial charge < -0.3 is 0 Å². The number of ketones is 1. The number of Topliss-reactive ketones (excluding diaryl/α,β-unsaturated/α-hetero) is 1. The number of amides is 1. The highest BCUT2D eigenvalue weighted by atomic mass is 35.5. The number of carbonyl (C=O) groups is 2. The summed E-state index contributed by atoms with van der Waals surface area (Å²) < 4.78 is 0. The van der Waals surface area contributed by atoms with Crippen molar-refractivity contribution >= 4 is 40.6 Å². The van der Waals surface area contributed by atoms with Gasteiger partial charge in [-0.05, 0) is 25.1 Å². The molecule has 2 heterocycles. The van der Waals surface area contributed by atoms with Gasteiger partial charge >= 0.3 is 0 Å². The second-order valence-electron chi connectivity index (χ2n) is 4.60. The fourth-order valence-electron chi connectivity index (χ4n) is 2.26. The molecule has 1 aromatic heterocycles. The maximum Gasteiger partial charge on any atom is 0.299 e. The molecule has 106 valence electrons. The third-order valence-electron chi connectivity index (χ3n) is 3.12. The Hall–Kier alpha value is -1.98. The topological polar surface area (TPSA) is 63.2 Å². The Kier molecular flexibility index (Phi) is 3.39. The molecule has 2 aromatic rings. The van der Waals surface area contributed by atoms with Gasteiger partial charge in [-0.3, -0.25) is 14.5 Å². The Bertz CT molecular complexity index is 757. The average molecular weight is 322 g/mol. The summed E-state index contributed by atoms with van der Waals surface area (Å²) in [5.74, 6) is -0.886. The predicted octanol–water partition coefficient (Wildman–Crippen LogP) is 2.82. The Labute approximate surface area is 130 Å². The first-order valence-corrected chi connectivity index (χ1v) is 6.87. The molecule has 0 unspecified atom stereocenters. The number of aromatic nitrogens is 2. The fraction of sp³-hybridized carbons (Fsp3) is 0.143. The van der Waals surface area contributed by atoms with Crippen LogP contribution < -0.4 is 4.90 Å². The summed E-state index contributed by atoms with van der Waals surface area (Å²) in [6, 6.07) is 6.55. The van der Waals surface area contributed by atoms with Gasteiger partial charge in [0, 0.05) is 5.69 Å². The van der Waals surface area contributed by atoms with Gasteiger partial charge in [0.25, 0.3) is 11.7 Å². The standard InChI is InChI=1S/C14H9Cl2N3O2/c1-7-5-10(16)18-11(17-7)6-19-9-4-2-3-8(15)12(9)13(20)14(19)21/h2-5H,6H2,1H3. The summed E-state index contributed by atoms with van der Waals surface area (Å²) in [6.45, 7) is 1.85. The molecule has 0 saturated heterocycles. The molecule has 1 aliphatic heterocycles. The van der Waals surface area contributed by atoms with Crippen LogP contribution in [0.2, 0.25) is 10.2 Å². The lowest BCUT2D eigenvalue weighted by molar-refractivity contribution is -0.114. The summed E-state index contributed by atoms with van der Waals surface area (Å²) in [7, 11) is 0. The van der Waals surface area contributed by atoms with Crippen LogP contribution in [0, 0.1) is 6.92 Å². The van der Waals surface area contributed by atoms with Gasteiger partial charge in [-0.25, -0.2) is 9.97 Å².